The Morgan fingerprint density at radius 3 is 2.08 bits per heavy atom. The van der Waals surface area contributed by atoms with Gasteiger partial charge in [-0.3, -0.25) is 0 Å². The molecular formula is C10H16ClNO. The first kappa shape index (κ1) is 12.4. The third-order valence-corrected chi connectivity index (χ3v) is 1.92. The van der Waals surface area contributed by atoms with Crippen molar-refractivity contribution in [3.8, 4) is 0 Å². The molecule has 0 saturated carbocycles. The zero-order valence-electron chi connectivity index (χ0n) is 7.90. The molecular weight excluding hydrogens is 186 g/mol. The topological polar surface area (TPSA) is 46.2 Å². The van der Waals surface area contributed by atoms with E-state index in [2.05, 4.69) is 0 Å². The summed E-state index contributed by atoms with van der Waals surface area (Å²) in [6.45, 7) is 3.43. The third kappa shape index (κ3) is 3.35. The first-order valence-corrected chi connectivity index (χ1v) is 4.04. The predicted octanol–water partition coefficient (Wildman–Crippen LogP) is 1.88. The molecule has 0 bridgehead atoms. The van der Waals surface area contributed by atoms with Crippen LogP contribution in [0.4, 0.5) is 0 Å². The van der Waals surface area contributed by atoms with Gasteiger partial charge in [0.1, 0.15) is 0 Å². The van der Waals surface area contributed by atoms with E-state index < -0.39 is 5.60 Å². The van der Waals surface area contributed by atoms with Crippen LogP contribution in [0.1, 0.15) is 25.5 Å². The maximum absolute atomic E-state index is 9.61. The van der Waals surface area contributed by atoms with Gasteiger partial charge in [-0.05, 0) is 19.4 Å². The highest BCUT2D eigenvalue weighted by molar-refractivity contribution is 5.85. The Hall–Kier alpha value is -0.570. The van der Waals surface area contributed by atoms with E-state index in [1.54, 1.807) is 13.8 Å². The summed E-state index contributed by atoms with van der Waals surface area (Å²) < 4.78 is 0. The molecule has 0 unspecified atom stereocenters. The molecule has 1 rings (SSSR count). The lowest BCUT2D eigenvalue weighted by molar-refractivity contribution is 0.0517. The first-order chi connectivity index (χ1) is 5.52. The lowest BCUT2D eigenvalue weighted by Gasteiger charge is -2.25. The van der Waals surface area contributed by atoms with Crippen LogP contribution < -0.4 is 5.73 Å². The minimum atomic E-state index is -0.860. The summed E-state index contributed by atoms with van der Waals surface area (Å²) in [7, 11) is 0. The maximum Gasteiger partial charge on any atom is 0.0783 e. The summed E-state index contributed by atoms with van der Waals surface area (Å²) >= 11 is 0. The van der Waals surface area contributed by atoms with Gasteiger partial charge in [0.15, 0.2) is 0 Å². The van der Waals surface area contributed by atoms with E-state index in [-0.39, 0.29) is 18.4 Å². The molecule has 2 nitrogen and oxygen atoms in total. The average Bonchev–Trinajstić information content (AvgIpc) is 2.03. The number of benzene rings is 1. The van der Waals surface area contributed by atoms with Gasteiger partial charge in [-0.1, -0.05) is 30.3 Å². The van der Waals surface area contributed by atoms with Crippen LogP contribution in [-0.4, -0.2) is 10.7 Å². The van der Waals surface area contributed by atoms with Crippen molar-refractivity contribution in [2.24, 2.45) is 5.73 Å². The number of hydrogen-bond donors (Lipinski definition) is 2. The Labute approximate surface area is 85.2 Å². The smallest absolute Gasteiger partial charge is 0.0783 e. The molecule has 0 amide bonds. The highest BCUT2D eigenvalue weighted by Crippen LogP contribution is 2.21. The Morgan fingerprint density at radius 2 is 1.69 bits per heavy atom. The van der Waals surface area contributed by atoms with Crippen molar-refractivity contribution in [1.82, 2.24) is 0 Å². The van der Waals surface area contributed by atoms with Crippen LogP contribution in [0.2, 0.25) is 0 Å². The van der Waals surface area contributed by atoms with Crippen molar-refractivity contribution in [3.05, 3.63) is 35.9 Å². The van der Waals surface area contributed by atoms with Gasteiger partial charge < -0.3 is 10.8 Å². The minimum absolute atomic E-state index is 0. The summed E-state index contributed by atoms with van der Waals surface area (Å²) in [6.07, 6.45) is 0. The molecule has 0 radical (unpaired) electrons. The van der Waals surface area contributed by atoms with Gasteiger partial charge in [0, 0.05) is 0 Å². The monoisotopic (exact) mass is 201 g/mol. The fourth-order valence-electron chi connectivity index (χ4n) is 1.07. The van der Waals surface area contributed by atoms with Gasteiger partial charge >= 0.3 is 0 Å². The van der Waals surface area contributed by atoms with Crippen LogP contribution in [0.15, 0.2) is 30.3 Å². The van der Waals surface area contributed by atoms with Gasteiger partial charge in [0.05, 0.1) is 11.6 Å². The van der Waals surface area contributed by atoms with Gasteiger partial charge in [-0.2, -0.15) is 0 Å². The fourth-order valence-corrected chi connectivity index (χ4v) is 1.07. The lowest BCUT2D eigenvalue weighted by atomic mass is 9.93. The quantitative estimate of drug-likeness (QED) is 0.768. The van der Waals surface area contributed by atoms with Crippen LogP contribution in [0.25, 0.3) is 0 Å². The summed E-state index contributed by atoms with van der Waals surface area (Å²) in [5, 5.41) is 9.61. The molecule has 3 heteroatoms. The van der Waals surface area contributed by atoms with Crippen LogP contribution in [0, 0.1) is 0 Å². The molecule has 0 aromatic heterocycles. The zero-order chi connectivity index (χ0) is 9.19. The molecule has 1 aromatic carbocycles. The van der Waals surface area contributed by atoms with Crippen LogP contribution >= 0.6 is 12.4 Å². The highest BCUT2D eigenvalue weighted by atomic mass is 35.5. The molecule has 1 aromatic rings. The minimum Gasteiger partial charge on any atom is -0.388 e. The third-order valence-electron chi connectivity index (χ3n) is 1.92. The number of nitrogens with two attached hydrogens (primary N) is 1. The molecule has 0 aliphatic rings. The summed E-state index contributed by atoms with van der Waals surface area (Å²) in [4.78, 5) is 0. The maximum atomic E-state index is 9.61. The van der Waals surface area contributed by atoms with Crippen LogP contribution in [0.5, 0.6) is 0 Å². The molecule has 0 aliphatic carbocycles. The number of rotatable bonds is 2. The van der Waals surface area contributed by atoms with Crippen molar-refractivity contribution < 1.29 is 5.11 Å². The molecule has 1 atom stereocenters. The van der Waals surface area contributed by atoms with Crippen LogP contribution in [0.3, 0.4) is 0 Å². The van der Waals surface area contributed by atoms with E-state index in [1.807, 2.05) is 30.3 Å². The molecule has 0 aliphatic heterocycles. The molecule has 3 N–H and O–H groups in total. The van der Waals surface area contributed by atoms with Crippen molar-refractivity contribution in [3.63, 3.8) is 0 Å². The lowest BCUT2D eigenvalue weighted by Crippen LogP contribution is -2.34. The summed E-state index contributed by atoms with van der Waals surface area (Å²) in [6, 6.07) is 9.28. The van der Waals surface area contributed by atoms with Gasteiger partial charge in [-0.25, -0.2) is 0 Å². The fraction of sp³-hybridized carbons (Fsp3) is 0.400. The number of aliphatic hydroxyl groups is 1. The standard InChI is InChI=1S/C10H15NO.ClH/c1-10(2,12)9(11)8-6-4-3-5-7-8;/h3-7,9,12H,11H2,1-2H3;1H/t9-;/m0./s1. The molecule has 0 spiro atoms. The zero-order valence-corrected chi connectivity index (χ0v) is 8.71. The van der Waals surface area contributed by atoms with Crippen molar-refractivity contribution in [2.75, 3.05) is 0 Å². The van der Waals surface area contributed by atoms with E-state index in [1.165, 1.54) is 0 Å². The highest BCUT2D eigenvalue weighted by Gasteiger charge is 2.23. The second kappa shape index (κ2) is 4.61. The second-order valence-corrected chi connectivity index (χ2v) is 3.54. The van der Waals surface area contributed by atoms with Crippen LogP contribution in [-0.2, 0) is 0 Å². The van der Waals surface area contributed by atoms with E-state index in [0.29, 0.717) is 0 Å². The number of hydrogen-bond acceptors (Lipinski definition) is 2. The molecule has 0 fully saturated rings. The van der Waals surface area contributed by atoms with E-state index >= 15 is 0 Å². The SMILES string of the molecule is CC(C)(O)[C@@H](N)c1ccccc1.Cl. The first-order valence-electron chi connectivity index (χ1n) is 4.04. The van der Waals surface area contributed by atoms with Crippen molar-refractivity contribution >= 4 is 12.4 Å². The summed E-state index contributed by atoms with van der Waals surface area (Å²) in [5.74, 6) is 0. The van der Waals surface area contributed by atoms with Gasteiger partial charge in [0.25, 0.3) is 0 Å². The largest absolute Gasteiger partial charge is 0.388 e. The van der Waals surface area contributed by atoms with E-state index in [9.17, 15) is 5.11 Å². The van der Waals surface area contributed by atoms with Gasteiger partial charge in [0.2, 0.25) is 0 Å². The van der Waals surface area contributed by atoms with E-state index in [4.69, 9.17) is 5.73 Å². The second-order valence-electron chi connectivity index (χ2n) is 3.54. The Bertz CT molecular complexity index is 243. The molecule has 0 heterocycles. The van der Waals surface area contributed by atoms with Crippen molar-refractivity contribution in [2.45, 2.75) is 25.5 Å². The Balaban J connectivity index is 0.00000144. The van der Waals surface area contributed by atoms with Crippen molar-refractivity contribution in [1.29, 1.82) is 0 Å². The molecule has 0 saturated heterocycles. The predicted molar refractivity (Wildman–Crippen MR) is 56.9 cm³/mol. The average molecular weight is 202 g/mol. The van der Waals surface area contributed by atoms with E-state index in [0.717, 1.165) is 5.56 Å². The summed E-state index contributed by atoms with van der Waals surface area (Å²) in [5.41, 5.74) is 5.93. The Kier molecular flexibility index (Phi) is 4.40. The van der Waals surface area contributed by atoms with Gasteiger partial charge in [-0.15, -0.1) is 12.4 Å². The number of halogens is 1. The Morgan fingerprint density at radius 1 is 1.23 bits per heavy atom. The molecule has 13 heavy (non-hydrogen) atoms. The normalized spacial score (nSPS) is 13.2. The molecule has 74 valence electrons.